The van der Waals surface area contributed by atoms with Crippen LogP contribution in [0, 0.1) is 26.7 Å². The van der Waals surface area contributed by atoms with Gasteiger partial charge in [0.25, 0.3) is 0 Å². The maximum absolute atomic E-state index is 12.2. The average Bonchev–Trinajstić information content (AvgIpc) is 2.55. The molecule has 26 heavy (non-hydrogen) atoms. The van der Waals surface area contributed by atoms with E-state index in [2.05, 4.69) is 35.0 Å². The van der Waals surface area contributed by atoms with E-state index < -0.39 is 0 Å². The van der Waals surface area contributed by atoms with E-state index in [4.69, 9.17) is 0 Å². The highest BCUT2D eigenvalue weighted by Gasteiger charge is 2.09. The van der Waals surface area contributed by atoms with Gasteiger partial charge in [-0.1, -0.05) is 31.5 Å². The standard InChI is InChI=1S/C21H27N3O2/c1-13(2)21(26)24-18-8-6-17(7-9-18)23-19(25)12-22-20-15(4)10-14(3)11-16(20)5/h6-11,13,22H,12H2,1-5H3,(H,23,25)(H,24,26). The van der Waals surface area contributed by atoms with Crippen LogP contribution in [0.3, 0.4) is 0 Å². The molecule has 0 saturated carbocycles. The summed E-state index contributed by atoms with van der Waals surface area (Å²) in [4.78, 5) is 23.9. The van der Waals surface area contributed by atoms with Crippen molar-refractivity contribution in [2.45, 2.75) is 34.6 Å². The zero-order valence-corrected chi connectivity index (χ0v) is 16.1. The average molecular weight is 353 g/mol. The molecule has 5 heteroatoms. The fourth-order valence-electron chi connectivity index (χ4n) is 2.76. The Kier molecular flexibility index (Phi) is 6.39. The third-order valence-corrected chi connectivity index (χ3v) is 4.06. The molecule has 2 aromatic carbocycles. The third kappa shape index (κ3) is 5.34. The maximum atomic E-state index is 12.2. The number of carbonyl (C=O) groups excluding carboxylic acids is 2. The lowest BCUT2D eigenvalue weighted by Gasteiger charge is -2.14. The summed E-state index contributed by atoms with van der Waals surface area (Å²) >= 11 is 0. The predicted octanol–water partition coefficient (Wildman–Crippen LogP) is 4.26. The van der Waals surface area contributed by atoms with E-state index in [1.54, 1.807) is 24.3 Å². The van der Waals surface area contributed by atoms with Gasteiger partial charge in [-0.15, -0.1) is 0 Å². The van der Waals surface area contributed by atoms with Crippen molar-refractivity contribution in [2.75, 3.05) is 22.5 Å². The van der Waals surface area contributed by atoms with Crippen LogP contribution in [-0.2, 0) is 9.59 Å². The Labute approximate surface area is 155 Å². The number of rotatable bonds is 6. The van der Waals surface area contributed by atoms with Crippen molar-refractivity contribution in [3.05, 3.63) is 53.1 Å². The molecule has 0 aliphatic heterocycles. The number of anilines is 3. The van der Waals surface area contributed by atoms with Gasteiger partial charge in [0, 0.05) is 23.0 Å². The van der Waals surface area contributed by atoms with Crippen molar-refractivity contribution in [2.24, 2.45) is 5.92 Å². The second-order valence-corrected chi connectivity index (χ2v) is 6.90. The molecule has 0 fully saturated rings. The lowest BCUT2D eigenvalue weighted by molar-refractivity contribution is -0.119. The van der Waals surface area contributed by atoms with Crippen LogP contribution in [0.15, 0.2) is 36.4 Å². The molecule has 5 nitrogen and oxygen atoms in total. The molecule has 0 saturated heterocycles. The van der Waals surface area contributed by atoms with Gasteiger partial charge >= 0.3 is 0 Å². The Morgan fingerprint density at radius 2 is 1.38 bits per heavy atom. The number of aryl methyl sites for hydroxylation is 3. The second-order valence-electron chi connectivity index (χ2n) is 6.90. The number of benzene rings is 2. The fraction of sp³-hybridized carbons (Fsp3) is 0.333. The summed E-state index contributed by atoms with van der Waals surface area (Å²) in [5.41, 5.74) is 5.86. The zero-order chi connectivity index (χ0) is 19.3. The van der Waals surface area contributed by atoms with Gasteiger partial charge in [-0.3, -0.25) is 9.59 Å². The van der Waals surface area contributed by atoms with Gasteiger partial charge in [0.1, 0.15) is 0 Å². The molecule has 0 bridgehead atoms. The maximum Gasteiger partial charge on any atom is 0.243 e. The van der Waals surface area contributed by atoms with E-state index in [9.17, 15) is 9.59 Å². The van der Waals surface area contributed by atoms with Crippen molar-refractivity contribution in [3.8, 4) is 0 Å². The molecule has 0 aromatic heterocycles. The minimum atomic E-state index is -0.122. The van der Waals surface area contributed by atoms with Crippen LogP contribution >= 0.6 is 0 Å². The zero-order valence-electron chi connectivity index (χ0n) is 16.1. The van der Waals surface area contributed by atoms with Crippen molar-refractivity contribution in [1.29, 1.82) is 0 Å². The number of nitrogens with one attached hydrogen (secondary N) is 3. The first-order chi connectivity index (χ1) is 12.3. The number of amides is 2. The van der Waals surface area contributed by atoms with Crippen LogP contribution in [-0.4, -0.2) is 18.4 Å². The normalized spacial score (nSPS) is 10.5. The van der Waals surface area contributed by atoms with Crippen molar-refractivity contribution in [1.82, 2.24) is 0 Å². The summed E-state index contributed by atoms with van der Waals surface area (Å²) in [7, 11) is 0. The minimum Gasteiger partial charge on any atom is -0.376 e. The molecule has 2 rings (SSSR count). The van der Waals surface area contributed by atoms with Crippen LogP contribution in [0.5, 0.6) is 0 Å². The number of hydrogen-bond acceptors (Lipinski definition) is 3. The van der Waals surface area contributed by atoms with E-state index in [-0.39, 0.29) is 24.3 Å². The quantitative estimate of drug-likeness (QED) is 0.727. The lowest BCUT2D eigenvalue weighted by atomic mass is 10.1. The van der Waals surface area contributed by atoms with Gasteiger partial charge in [0.15, 0.2) is 0 Å². The van der Waals surface area contributed by atoms with Crippen LogP contribution < -0.4 is 16.0 Å². The fourth-order valence-corrected chi connectivity index (χ4v) is 2.76. The topological polar surface area (TPSA) is 70.2 Å². The molecular weight excluding hydrogens is 326 g/mol. The van der Waals surface area contributed by atoms with E-state index in [1.807, 2.05) is 27.7 Å². The monoisotopic (exact) mass is 353 g/mol. The summed E-state index contributed by atoms with van der Waals surface area (Å²) in [6.45, 7) is 10.00. The van der Waals surface area contributed by atoms with Crippen molar-refractivity contribution >= 4 is 28.9 Å². The smallest absolute Gasteiger partial charge is 0.243 e. The summed E-state index contributed by atoms with van der Waals surface area (Å²) in [6.07, 6.45) is 0. The van der Waals surface area contributed by atoms with E-state index in [0.29, 0.717) is 11.4 Å². The SMILES string of the molecule is Cc1cc(C)c(NCC(=O)Nc2ccc(NC(=O)C(C)C)cc2)c(C)c1. The summed E-state index contributed by atoms with van der Waals surface area (Å²) in [5, 5.41) is 8.88. The first kappa shape index (κ1) is 19.5. The summed E-state index contributed by atoms with van der Waals surface area (Å²) in [5.74, 6) is -0.229. The Morgan fingerprint density at radius 3 is 1.88 bits per heavy atom. The molecular formula is C21H27N3O2. The Bertz CT molecular complexity index is 772. The molecule has 0 aliphatic rings. The summed E-state index contributed by atoms with van der Waals surface area (Å²) in [6, 6.07) is 11.3. The molecule has 2 amide bonds. The van der Waals surface area contributed by atoms with Crippen molar-refractivity contribution < 1.29 is 9.59 Å². The van der Waals surface area contributed by atoms with Crippen LogP contribution in [0.25, 0.3) is 0 Å². The van der Waals surface area contributed by atoms with Gasteiger partial charge in [0.05, 0.1) is 6.54 Å². The summed E-state index contributed by atoms with van der Waals surface area (Å²) < 4.78 is 0. The molecule has 138 valence electrons. The molecule has 0 spiro atoms. The first-order valence-corrected chi connectivity index (χ1v) is 8.78. The number of carbonyl (C=O) groups is 2. The second kappa shape index (κ2) is 8.52. The first-order valence-electron chi connectivity index (χ1n) is 8.78. The third-order valence-electron chi connectivity index (χ3n) is 4.06. The Morgan fingerprint density at radius 1 is 0.885 bits per heavy atom. The van der Waals surface area contributed by atoms with E-state index in [0.717, 1.165) is 16.8 Å². The molecule has 3 N–H and O–H groups in total. The highest BCUT2D eigenvalue weighted by molar-refractivity contribution is 5.95. The largest absolute Gasteiger partial charge is 0.376 e. The lowest BCUT2D eigenvalue weighted by Crippen LogP contribution is -2.22. The Balaban J connectivity index is 1.91. The molecule has 0 heterocycles. The van der Waals surface area contributed by atoms with Gasteiger partial charge in [-0.2, -0.15) is 0 Å². The van der Waals surface area contributed by atoms with Gasteiger partial charge in [0.2, 0.25) is 11.8 Å². The van der Waals surface area contributed by atoms with E-state index in [1.165, 1.54) is 5.56 Å². The molecule has 0 atom stereocenters. The van der Waals surface area contributed by atoms with Gasteiger partial charge in [-0.05, 0) is 56.2 Å². The highest BCUT2D eigenvalue weighted by Crippen LogP contribution is 2.21. The predicted molar refractivity (Wildman–Crippen MR) is 108 cm³/mol. The van der Waals surface area contributed by atoms with Gasteiger partial charge < -0.3 is 16.0 Å². The van der Waals surface area contributed by atoms with Crippen LogP contribution in [0.4, 0.5) is 17.1 Å². The molecule has 2 aromatic rings. The molecule has 0 aliphatic carbocycles. The Hall–Kier alpha value is -2.82. The van der Waals surface area contributed by atoms with Crippen molar-refractivity contribution in [3.63, 3.8) is 0 Å². The molecule has 0 radical (unpaired) electrons. The van der Waals surface area contributed by atoms with Crippen LogP contribution in [0.1, 0.15) is 30.5 Å². The number of hydrogen-bond donors (Lipinski definition) is 3. The highest BCUT2D eigenvalue weighted by atomic mass is 16.2. The molecule has 0 unspecified atom stereocenters. The van der Waals surface area contributed by atoms with Crippen LogP contribution in [0.2, 0.25) is 0 Å². The van der Waals surface area contributed by atoms with Gasteiger partial charge in [-0.25, -0.2) is 0 Å². The minimum absolute atomic E-state index is 0.0326. The van der Waals surface area contributed by atoms with E-state index >= 15 is 0 Å².